The zero-order valence-electron chi connectivity index (χ0n) is 19.6. The van der Waals surface area contributed by atoms with Crippen LogP contribution in [0.3, 0.4) is 0 Å². The van der Waals surface area contributed by atoms with Gasteiger partial charge in [0, 0.05) is 31.1 Å². The molecule has 0 aromatic rings. The molecule has 1 spiro atoms. The van der Waals surface area contributed by atoms with Crippen molar-refractivity contribution < 1.29 is 33.7 Å². The van der Waals surface area contributed by atoms with Gasteiger partial charge in [0.2, 0.25) is 5.78 Å². The second-order valence-corrected chi connectivity index (χ2v) is 11.6. The van der Waals surface area contributed by atoms with Gasteiger partial charge in [-0.1, -0.05) is 13.8 Å². The van der Waals surface area contributed by atoms with E-state index in [1.807, 2.05) is 0 Å². The molecule has 5 rings (SSSR count). The van der Waals surface area contributed by atoms with Gasteiger partial charge in [-0.25, -0.2) is 0 Å². The summed E-state index contributed by atoms with van der Waals surface area (Å²) in [6.07, 6.45) is 6.65. The maximum atomic E-state index is 13.0. The molecular formula is C25H36O7. The number of Topliss-reactive ketones (excluding diaryl/α,β-unsaturated/α-hetero) is 1. The number of carbonyl (C=O) groups excluding carboxylic acids is 3. The smallest absolute Gasteiger partial charge is 0.303 e. The van der Waals surface area contributed by atoms with Crippen LogP contribution in [0.4, 0.5) is 0 Å². The Balaban J connectivity index is 1.38. The largest absolute Gasteiger partial charge is 0.462 e. The Morgan fingerprint density at radius 1 is 0.969 bits per heavy atom. The first-order valence-electron chi connectivity index (χ1n) is 12.2. The Kier molecular flexibility index (Phi) is 4.90. The van der Waals surface area contributed by atoms with Crippen LogP contribution < -0.4 is 0 Å². The number of rotatable bonds is 4. The molecule has 0 radical (unpaired) electrons. The molecule has 1 aliphatic heterocycles. The second kappa shape index (κ2) is 7.02. The zero-order valence-corrected chi connectivity index (χ0v) is 19.6. The molecule has 4 saturated carbocycles. The lowest BCUT2D eigenvalue weighted by Crippen LogP contribution is -2.61. The van der Waals surface area contributed by atoms with Gasteiger partial charge in [-0.2, -0.15) is 0 Å². The van der Waals surface area contributed by atoms with Gasteiger partial charge < -0.3 is 19.3 Å². The number of carbonyl (C=O) groups is 3. The van der Waals surface area contributed by atoms with Gasteiger partial charge in [-0.3, -0.25) is 14.4 Å². The summed E-state index contributed by atoms with van der Waals surface area (Å²) < 4.78 is 17.0. The van der Waals surface area contributed by atoms with E-state index in [4.69, 9.17) is 14.2 Å². The maximum Gasteiger partial charge on any atom is 0.303 e. The van der Waals surface area contributed by atoms with Crippen LogP contribution in [0.15, 0.2) is 0 Å². The van der Waals surface area contributed by atoms with E-state index in [0.29, 0.717) is 18.3 Å². The number of ether oxygens (including phenoxy) is 3. The lowest BCUT2D eigenvalue weighted by atomic mass is 9.44. The summed E-state index contributed by atoms with van der Waals surface area (Å²) in [5.74, 6) is 0.0358. The van der Waals surface area contributed by atoms with E-state index in [1.54, 1.807) is 0 Å². The molecule has 1 saturated heterocycles. The predicted molar refractivity (Wildman–Crippen MR) is 113 cm³/mol. The first-order valence-corrected chi connectivity index (χ1v) is 12.2. The van der Waals surface area contributed by atoms with Crippen molar-refractivity contribution in [2.24, 2.45) is 28.6 Å². The Bertz CT molecular complexity index is 855. The number of fused-ring (bicyclic) bond motifs is 4. The van der Waals surface area contributed by atoms with Crippen LogP contribution in [0.2, 0.25) is 0 Å². The first-order chi connectivity index (χ1) is 15.0. The van der Waals surface area contributed by atoms with Crippen LogP contribution >= 0.6 is 0 Å². The van der Waals surface area contributed by atoms with Crippen molar-refractivity contribution in [3.05, 3.63) is 0 Å². The van der Waals surface area contributed by atoms with Crippen molar-refractivity contribution in [3.8, 4) is 0 Å². The van der Waals surface area contributed by atoms with Gasteiger partial charge in [0.05, 0.1) is 6.10 Å². The molecule has 178 valence electrons. The topological polar surface area (TPSA) is 102 Å². The molecule has 0 aromatic carbocycles. The monoisotopic (exact) mass is 448 g/mol. The predicted octanol–water partition coefficient (Wildman–Crippen LogP) is 2.96. The molecule has 5 aliphatic rings. The van der Waals surface area contributed by atoms with Crippen LogP contribution in [0, 0.1) is 28.6 Å². The lowest BCUT2D eigenvalue weighted by molar-refractivity contribution is -0.175. The van der Waals surface area contributed by atoms with Crippen molar-refractivity contribution in [2.45, 2.75) is 102 Å². The molecule has 0 aromatic heterocycles. The van der Waals surface area contributed by atoms with Crippen LogP contribution in [0.5, 0.6) is 0 Å². The minimum Gasteiger partial charge on any atom is -0.462 e. The van der Waals surface area contributed by atoms with E-state index in [1.165, 1.54) is 13.8 Å². The highest BCUT2D eigenvalue weighted by Gasteiger charge is 2.77. The summed E-state index contributed by atoms with van der Waals surface area (Å²) in [6, 6.07) is 0. The summed E-state index contributed by atoms with van der Waals surface area (Å²) in [5, 5.41) is 11.6. The third-order valence-corrected chi connectivity index (χ3v) is 10.4. The summed E-state index contributed by atoms with van der Waals surface area (Å²) in [5.41, 5.74) is -2.11. The van der Waals surface area contributed by atoms with E-state index in [-0.39, 0.29) is 47.5 Å². The van der Waals surface area contributed by atoms with Gasteiger partial charge in [0.25, 0.3) is 0 Å². The Morgan fingerprint density at radius 2 is 1.62 bits per heavy atom. The summed E-state index contributed by atoms with van der Waals surface area (Å²) in [6.45, 7) is 6.83. The number of ketones is 1. The van der Waals surface area contributed by atoms with E-state index >= 15 is 0 Å². The standard InChI is InChI=1S/C25H36O7/c1-14(26)30-13-20(28)24(29)10-7-18-17-11-21-25(32-21)12-16(31-15(2)27)5-8-23(25,4)19(17)6-9-22(18,24)3/h16-19,21,29H,5-13H2,1-4H3/t16-,17-,18-,19-,21-,22-,23+,24+,25-/m0/s1. The number of aliphatic hydroxyl groups is 1. The Morgan fingerprint density at radius 3 is 2.31 bits per heavy atom. The van der Waals surface area contributed by atoms with Crippen molar-refractivity contribution in [1.29, 1.82) is 0 Å². The van der Waals surface area contributed by atoms with Gasteiger partial charge in [-0.15, -0.1) is 0 Å². The van der Waals surface area contributed by atoms with Crippen LogP contribution in [-0.2, 0) is 28.6 Å². The number of hydrogen-bond acceptors (Lipinski definition) is 7. The van der Waals surface area contributed by atoms with Gasteiger partial charge in [0.15, 0.2) is 6.61 Å². The number of hydrogen-bond donors (Lipinski definition) is 1. The average molecular weight is 449 g/mol. The lowest BCUT2D eigenvalue weighted by Gasteiger charge is -2.59. The summed E-state index contributed by atoms with van der Waals surface area (Å²) >= 11 is 0. The van der Waals surface area contributed by atoms with Gasteiger partial charge >= 0.3 is 11.9 Å². The molecule has 9 atom stereocenters. The van der Waals surface area contributed by atoms with Crippen LogP contribution in [0.1, 0.15) is 79.1 Å². The molecule has 0 unspecified atom stereocenters. The van der Waals surface area contributed by atoms with Gasteiger partial charge in [0.1, 0.15) is 17.3 Å². The molecule has 0 bridgehead atoms. The van der Waals surface area contributed by atoms with Crippen molar-refractivity contribution in [3.63, 3.8) is 0 Å². The third kappa shape index (κ3) is 2.82. The SMILES string of the molecule is CC(=O)OCC(=O)[C@]1(O)CC[C@H]2[C@@H]3C[C@@H]4O[C@@]45C[C@@H](OC(C)=O)CC[C@]5(C)[C@H]3CC[C@@]21C. The number of esters is 2. The second-order valence-electron chi connectivity index (χ2n) is 11.6. The Hall–Kier alpha value is -1.47. The highest BCUT2D eigenvalue weighted by Crippen LogP contribution is 2.74. The fourth-order valence-electron chi connectivity index (χ4n) is 8.74. The first kappa shape index (κ1) is 22.3. The zero-order chi connectivity index (χ0) is 23.1. The van der Waals surface area contributed by atoms with Crippen molar-refractivity contribution in [1.82, 2.24) is 0 Å². The van der Waals surface area contributed by atoms with Crippen LogP contribution in [-0.4, -0.2) is 52.8 Å². The van der Waals surface area contributed by atoms with E-state index in [0.717, 1.165) is 44.9 Å². The number of epoxide rings is 1. The summed E-state index contributed by atoms with van der Waals surface area (Å²) in [7, 11) is 0. The quantitative estimate of drug-likeness (QED) is 0.521. The molecule has 1 heterocycles. The summed E-state index contributed by atoms with van der Waals surface area (Å²) in [4.78, 5) is 35.7. The highest BCUT2D eigenvalue weighted by molar-refractivity contribution is 5.90. The van der Waals surface area contributed by atoms with E-state index < -0.39 is 17.0 Å². The highest BCUT2D eigenvalue weighted by atomic mass is 16.6. The molecule has 7 nitrogen and oxygen atoms in total. The van der Waals surface area contributed by atoms with Crippen LogP contribution in [0.25, 0.3) is 0 Å². The van der Waals surface area contributed by atoms with E-state index in [2.05, 4.69) is 13.8 Å². The fraction of sp³-hybridized carbons (Fsp3) is 0.880. The molecule has 7 heteroatoms. The average Bonchev–Trinajstić information content (AvgIpc) is 3.34. The molecular weight excluding hydrogens is 412 g/mol. The maximum absolute atomic E-state index is 13.0. The molecule has 32 heavy (non-hydrogen) atoms. The van der Waals surface area contributed by atoms with Crippen molar-refractivity contribution in [2.75, 3.05) is 6.61 Å². The molecule has 4 aliphatic carbocycles. The normalized spacial score (nSPS) is 50.8. The van der Waals surface area contributed by atoms with Gasteiger partial charge in [-0.05, 0) is 62.7 Å². The minimum absolute atomic E-state index is 0.0288. The van der Waals surface area contributed by atoms with E-state index in [9.17, 15) is 19.5 Å². The third-order valence-electron chi connectivity index (χ3n) is 10.4. The Labute approximate surface area is 189 Å². The fourth-order valence-corrected chi connectivity index (χ4v) is 8.74. The molecule has 5 fully saturated rings. The molecule has 0 amide bonds. The minimum atomic E-state index is -1.44. The van der Waals surface area contributed by atoms with Crippen molar-refractivity contribution >= 4 is 17.7 Å². The molecule has 1 N–H and O–H groups in total.